The van der Waals surface area contributed by atoms with Crippen LogP contribution in [-0.4, -0.2) is 43.0 Å². The number of hydrogen-bond donors (Lipinski definition) is 2. The van der Waals surface area contributed by atoms with Gasteiger partial charge in [0.25, 0.3) is 0 Å². The summed E-state index contributed by atoms with van der Waals surface area (Å²) in [6.45, 7) is 7.75. The van der Waals surface area contributed by atoms with Gasteiger partial charge < -0.3 is 10.6 Å². The van der Waals surface area contributed by atoms with Gasteiger partial charge in [-0.05, 0) is 38.4 Å². The quantitative estimate of drug-likeness (QED) is 0.809. The van der Waals surface area contributed by atoms with Crippen molar-refractivity contribution in [3.63, 3.8) is 0 Å². The predicted octanol–water partition coefficient (Wildman–Crippen LogP) is 2.36. The second-order valence-corrected chi connectivity index (χ2v) is 5.82. The molecule has 1 aliphatic heterocycles. The van der Waals surface area contributed by atoms with Gasteiger partial charge in [-0.1, -0.05) is 37.3 Å². The Bertz CT molecular complexity index is 435. The van der Waals surface area contributed by atoms with Gasteiger partial charge in [-0.25, -0.2) is 0 Å². The van der Waals surface area contributed by atoms with E-state index in [0.717, 1.165) is 38.0 Å². The van der Waals surface area contributed by atoms with Gasteiger partial charge in [-0.3, -0.25) is 9.69 Å². The van der Waals surface area contributed by atoms with E-state index >= 15 is 0 Å². The minimum Gasteiger partial charge on any atom is -0.348 e. The number of rotatable bonds is 7. The van der Waals surface area contributed by atoms with Crippen LogP contribution in [0.5, 0.6) is 0 Å². The number of hydrogen-bond acceptors (Lipinski definition) is 3. The molecule has 1 aromatic rings. The van der Waals surface area contributed by atoms with Crippen molar-refractivity contribution >= 4 is 18.3 Å². The molecule has 5 heteroatoms. The molecular formula is C17H28ClN3O. The van der Waals surface area contributed by atoms with E-state index in [1.165, 1.54) is 0 Å². The SMILES string of the molecule is CCCN(CC(=O)NC(C)c1ccccc1)C1CCNC1.Cl. The topological polar surface area (TPSA) is 44.4 Å². The van der Waals surface area contributed by atoms with E-state index in [-0.39, 0.29) is 24.4 Å². The zero-order valence-electron chi connectivity index (χ0n) is 13.5. The molecule has 2 unspecified atom stereocenters. The fourth-order valence-electron chi connectivity index (χ4n) is 2.93. The first kappa shape index (κ1) is 18.9. The lowest BCUT2D eigenvalue weighted by molar-refractivity contribution is -0.123. The average molecular weight is 326 g/mol. The summed E-state index contributed by atoms with van der Waals surface area (Å²) in [4.78, 5) is 14.6. The van der Waals surface area contributed by atoms with Crippen LogP contribution in [0.25, 0.3) is 0 Å². The normalized spacial score (nSPS) is 18.8. The molecule has 0 aromatic heterocycles. The lowest BCUT2D eigenvalue weighted by atomic mass is 10.1. The highest BCUT2D eigenvalue weighted by atomic mass is 35.5. The Balaban J connectivity index is 0.00000242. The van der Waals surface area contributed by atoms with E-state index in [1.54, 1.807) is 0 Å². The van der Waals surface area contributed by atoms with E-state index in [0.29, 0.717) is 12.6 Å². The molecule has 2 N–H and O–H groups in total. The van der Waals surface area contributed by atoms with Crippen molar-refractivity contribution in [2.24, 2.45) is 0 Å². The second-order valence-electron chi connectivity index (χ2n) is 5.82. The van der Waals surface area contributed by atoms with Crippen molar-refractivity contribution in [2.75, 3.05) is 26.2 Å². The first-order valence-corrected chi connectivity index (χ1v) is 7.99. The highest BCUT2D eigenvalue weighted by molar-refractivity contribution is 5.85. The van der Waals surface area contributed by atoms with Crippen LogP contribution in [0.3, 0.4) is 0 Å². The number of carbonyl (C=O) groups is 1. The van der Waals surface area contributed by atoms with Crippen LogP contribution in [0.15, 0.2) is 30.3 Å². The Morgan fingerprint density at radius 2 is 2.14 bits per heavy atom. The number of nitrogens with one attached hydrogen (secondary N) is 2. The smallest absolute Gasteiger partial charge is 0.234 e. The van der Waals surface area contributed by atoms with Crippen LogP contribution in [0, 0.1) is 0 Å². The number of halogens is 1. The van der Waals surface area contributed by atoms with Gasteiger partial charge in [0, 0.05) is 12.6 Å². The van der Waals surface area contributed by atoms with E-state index in [2.05, 4.69) is 34.6 Å². The molecule has 2 atom stereocenters. The van der Waals surface area contributed by atoms with E-state index in [1.807, 2.05) is 25.1 Å². The summed E-state index contributed by atoms with van der Waals surface area (Å²) in [6, 6.07) is 10.7. The molecule has 0 spiro atoms. The standard InChI is InChI=1S/C17H27N3O.ClH/c1-3-11-20(16-9-10-18-12-16)13-17(21)19-14(2)15-7-5-4-6-8-15;/h4-8,14,16,18H,3,9-13H2,1-2H3,(H,19,21);1H. The molecule has 0 radical (unpaired) electrons. The van der Waals surface area contributed by atoms with Gasteiger partial charge in [0.1, 0.15) is 0 Å². The molecule has 1 saturated heterocycles. The Labute approximate surface area is 140 Å². The lowest BCUT2D eigenvalue weighted by Crippen LogP contribution is -2.44. The third-order valence-corrected chi connectivity index (χ3v) is 4.09. The summed E-state index contributed by atoms with van der Waals surface area (Å²) >= 11 is 0. The summed E-state index contributed by atoms with van der Waals surface area (Å²) < 4.78 is 0. The van der Waals surface area contributed by atoms with Gasteiger partial charge in [0.05, 0.1) is 12.6 Å². The molecule has 0 saturated carbocycles. The highest BCUT2D eigenvalue weighted by Crippen LogP contribution is 2.12. The Hall–Kier alpha value is -1.10. The second kappa shape index (κ2) is 9.82. The number of benzene rings is 1. The van der Waals surface area contributed by atoms with Crippen LogP contribution >= 0.6 is 12.4 Å². The first-order chi connectivity index (χ1) is 10.2. The molecule has 1 fully saturated rings. The summed E-state index contributed by atoms with van der Waals surface area (Å²) in [5.74, 6) is 0.117. The van der Waals surface area contributed by atoms with Gasteiger partial charge >= 0.3 is 0 Å². The van der Waals surface area contributed by atoms with Crippen LogP contribution in [0.2, 0.25) is 0 Å². The molecule has 0 aliphatic carbocycles. The zero-order valence-corrected chi connectivity index (χ0v) is 14.4. The monoisotopic (exact) mass is 325 g/mol. The molecule has 2 rings (SSSR count). The summed E-state index contributed by atoms with van der Waals surface area (Å²) in [5.41, 5.74) is 1.15. The molecule has 1 amide bonds. The predicted molar refractivity (Wildman–Crippen MR) is 93.4 cm³/mol. The van der Waals surface area contributed by atoms with Gasteiger partial charge in [0.2, 0.25) is 5.91 Å². The summed E-state index contributed by atoms with van der Waals surface area (Å²) in [6.07, 6.45) is 2.22. The first-order valence-electron chi connectivity index (χ1n) is 7.99. The Kier molecular flexibility index (Phi) is 8.46. The molecule has 22 heavy (non-hydrogen) atoms. The fraction of sp³-hybridized carbons (Fsp3) is 0.588. The Morgan fingerprint density at radius 3 is 2.73 bits per heavy atom. The van der Waals surface area contributed by atoms with Crippen LogP contribution in [-0.2, 0) is 4.79 Å². The van der Waals surface area contributed by atoms with Crippen LogP contribution in [0.1, 0.15) is 38.3 Å². The maximum Gasteiger partial charge on any atom is 0.234 e. The molecule has 4 nitrogen and oxygen atoms in total. The van der Waals surface area contributed by atoms with Crippen molar-refractivity contribution in [3.05, 3.63) is 35.9 Å². The molecular weight excluding hydrogens is 298 g/mol. The largest absolute Gasteiger partial charge is 0.348 e. The minimum atomic E-state index is 0. The average Bonchev–Trinajstić information content (AvgIpc) is 3.02. The van der Waals surface area contributed by atoms with Crippen molar-refractivity contribution in [1.29, 1.82) is 0 Å². The zero-order chi connectivity index (χ0) is 15.1. The van der Waals surface area contributed by atoms with Crippen molar-refractivity contribution in [3.8, 4) is 0 Å². The van der Waals surface area contributed by atoms with E-state index in [4.69, 9.17) is 0 Å². The fourth-order valence-corrected chi connectivity index (χ4v) is 2.93. The maximum atomic E-state index is 12.3. The van der Waals surface area contributed by atoms with Crippen LogP contribution in [0.4, 0.5) is 0 Å². The van der Waals surface area contributed by atoms with Gasteiger partial charge in [0.15, 0.2) is 0 Å². The van der Waals surface area contributed by atoms with Gasteiger partial charge in [-0.2, -0.15) is 0 Å². The summed E-state index contributed by atoms with van der Waals surface area (Å²) in [5, 5.41) is 6.49. The van der Waals surface area contributed by atoms with Gasteiger partial charge in [-0.15, -0.1) is 12.4 Å². The molecule has 1 aliphatic rings. The molecule has 0 bridgehead atoms. The molecule has 124 valence electrons. The maximum absolute atomic E-state index is 12.3. The Morgan fingerprint density at radius 1 is 1.41 bits per heavy atom. The highest BCUT2D eigenvalue weighted by Gasteiger charge is 2.23. The van der Waals surface area contributed by atoms with Crippen LogP contribution < -0.4 is 10.6 Å². The third kappa shape index (κ3) is 5.59. The lowest BCUT2D eigenvalue weighted by Gasteiger charge is -2.28. The van der Waals surface area contributed by atoms with Crippen molar-refractivity contribution < 1.29 is 4.79 Å². The van der Waals surface area contributed by atoms with Crippen molar-refractivity contribution in [1.82, 2.24) is 15.5 Å². The van der Waals surface area contributed by atoms with E-state index < -0.39 is 0 Å². The number of nitrogens with zero attached hydrogens (tertiary/aromatic N) is 1. The third-order valence-electron chi connectivity index (χ3n) is 4.09. The molecule has 1 aromatic carbocycles. The minimum absolute atomic E-state index is 0. The van der Waals surface area contributed by atoms with E-state index in [9.17, 15) is 4.79 Å². The summed E-state index contributed by atoms with van der Waals surface area (Å²) in [7, 11) is 0. The number of amides is 1. The number of carbonyl (C=O) groups excluding carboxylic acids is 1. The van der Waals surface area contributed by atoms with Crippen molar-refractivity contribution in [2.45, 2.75) is 38.8 Å². The molecule has 1 heterocycles.